The highest BCUT2D eigenvalue weighted by atomic mass is 35.5. The van der Waals surface area contributed by atoms with Crippen LogP contribution in [-0.2, 0) is 16.0 Å². The van der Waals surface area contributed by atoms with Gasteiger partial charge in [0.2, 0.25) is 11.8 Å². The van der Waals surface area contributed by atoms with Gasteiger partial charge in [0, 0.05) is 24.5 Å². The molecule has 118 valence electrons. The number of halogens is 1. The van der Waals surface area contributed by atoms with Crippen molar-refractivity contribution >= 4 is 29.4 Å². The molecule has 0 unspecified atom stereocenters. The van der Waals surface area contributed by atoms with Gasteiger partial charge in [-0.15, -0.1) is 0 Å². The molecular weight excluding hydrogens is 306 g/mol. The molecule has 1 aromatic carbocycles. The number of rotatable bonds is 6. The predicted molar refractivity (Wildman–Crippen MR) is 82.5 cm³/mol. The Bertz CT molecular complexity index is 560. The molecule has 4 amide bonds. The molecule has 0 aliphatic carbocycles. The summed E-state index contributed by atoms with van der Waals surface area (Å²) in [5.41, 5.74) is 1.16. The van der Waals surface area contributed by atoms with Gasteiger partial charge in [-0.05, 0) is 30.5 Å². The van der Waals surface area contributed by atoms with Crippen molar-refractivity contribution in [2.45, 2.75) is 19.3 Å². The van der Waals surface area contributed by atoms with Gasteiger partial charge in [-0.25, -0.2) is 4.79 Å². The Morgan fingerprint density at radius 2 is 2.00 bits per heavy atom. The lowest BCUT2D eigenvalue weighted by atomic mass is 10.1. The van der Waals surface area contributed by atoms with Crippen LogP contribution in [0.3, 0.4) is 0 Å². The number of urea groups is 1. The van der Waals surface area contributed by atoms with E-state index < -0.39 is 6.03 Å². The van der Waals surface area contributed by atoms with E-state index in [0.717, 1.165) is 18.4 Å². The minimum Gasteiger partial charge on any atom is -0.355 e. The van der Waals surface area contributed by atoms with Crippen molar-refractivity contribution < 1.29 is 14.4 Å². The summed E-state index contributed by atoms with van der Waals surface area (Å²) in [7, 11) is 0. The van der Waals surface area contributed by atoms with Crippen molar-refractivity contribution in [3.05, 3.63) is 34.9 Å². The molecule has 2 rings (SSSR count). The molecule has 0 aromatic heterocycles. The number of nitrogens with one attached hydrogen (secondary N) is 2. The Morgan fingerprint density at radius 3 is 2.68 bits per heavy atom. The van der Waals surface area contributed by atoms with E-state index in [9.17, 15) is 14.4 Å². The number of aryl methyl sites for hydroxylation is 1. The smallest absolute Gasteiger partial charge is 0.324 e. The number of carbonyl (C=O) groups is 3. The van der Waals surface area contributed by atoms with Crippen molar-refractivity contribution in [3.63, 3.8) is 0 Å². The standard InChI is InChI=1S/C15H18ClN3O3/c16-12-5-3-11(4-6-12)2-1-8-17-14(21)10-19-9-7-13(20)18-15(19)22/h3-6H,1-2,7-10H2,(H,17,21)(H,18,20,22). The monoisotopic (exact) mass is 323 g/mol. The first-order valence-corrected chi connectivity index (χ1v) is 7.52. The number of hydrogen-bond acceptors (Lipinski definition) is 3. The van der Waals surface area contributed by atoms with Gasteiger partial charge in [-0.2, -0.15) is 0 Å². The predicted octanol–water partition coefficient (Wildman–Crippen LogP) is 1.33. The quantitative estimate of drug-likeness (QED) is 0.775. The number of benzene rings is 1. The van der Waals surface area contributed by atoms with Crippen molar-refractivity contribution in [2.24, 2.45) is 0 Å². The van der Waals surface area contributed by atoms with Crippen molar-refractivity contribution in [3.8, 4) is 0 Å². The van der Waals surface area contributed by atoms with E-state index in [4.69, 9.17) is 11.6 Å². The molecule has 6 nitrogen and oxygen atoms in total. The highest BCUT2D eigenvalue weighted by Crippen LogP contribution is 2.10. The summed E-state index contributed by atoms with van der Waals surface area (Å²) < 4.78 is 0. The molecule has 0 saturated carbocycles. The van der Waals surface area contributed by atoms with E-state index in [1.165, 1.54) is 4.90 Å². The third-order valence-corrected chi connectivity index (χ3v) is 3.61. The lowest BCUT2D eigenvalue weighted by Crippen LogP contribution is -2.52. The van der Waals surface area contributed by atoms with Crippen molar-refractivity contribution in [1.82, 2.24) is 15.5 Å². The van der Waals surface area contributed by atoms with Gasteiger partial charge >= 0.3 is 6.03 Å². The maximum Gasteiger partial charge on any atom is 0.324 e. The number of nitrogens with zero attached hydrogens (tertiary/aromatic N) is 1. The summed E-state index contributed by atoms with van der Waals surface area (Å²) in [6.07, 6.45) is 1.88. The Kier molecular flexibility index (Phi) is 5.77. The summed E-state index contributed by atoms with van der Waals surface area (Å²) in [5.74, 6) is -0.523. The van der Waals surface area contributed by atoms with Crippen molar-refractivity contribution in [2.75, 3.05) is 19.6 Å². The molecule has 1 aliphatic heterocycles. The Balaban J connectivity index is 1.64. The molecule has 0 spiro atoms. The molecule has 0 radical (unpaired) electrons. The van der Waals surface area contributed by atoms with E-state index in [0.29, 0.717) is 11.6 Å². The van der Waals surface area contributed by atoms with Crippen LogP contribution in [0.1, 0.15) is 18.4 Å². The van der Waals surface area contributed by atoms with Crippen LogP contribution < -0.4 is 10.6 Å². The van der Waals surface area contributed by atoms with Crippen LogP contribution in [-0.4, -0.2) is 42.4 Å². The lowest BCUT2D eigenvalue weighted by molar-refractivity contribution is -0.125. The van der Waals surface area contributed by atoms with Crippen LogP contribution in [0.25, 0.3) is 0 Å². The fourth-order valence-corrected chi connectivity index (χ4v) is 2.28. The van der Waals surface area contributed by atoms with Gasteiger partial charge < -0.3 is 10.2 Å². The summed E-state index contributed by atoms with van der Waals surface area (Å²) in [6.45, 7) is 0.790. The topological polar surface area (TPSA) is 78.5 Å². The van der Waals surface area contributed by atoms with Crippen LogP contribution in [0.15, 0.2) is 24.3 Å². The van der Waals surface area contributed by atoms with Gasteiger partial charge in [-0.1, -0.05) is 23.7 Å². The van der Waals surface area contributed by atoms with Gasteiger partial charge in [0.1, 0.15) is 6.54 Å². The van der Waals surface area contributed by atoms with E-state index in [1.54, 1.807) is 0 Å². The minimum atomic E-state index is -0.507. The second-order valence-electron chi connectivity index (χ2n) is 5.10. The van der Waals surface area contributed by atoms with Gasteiger partial charge in [-0.3, -0.25) is 14.9 Å². The Labute approximate surface area is 133 Å². The maximum atomic E-state index is 11.8. The third kappa shape index (κ3) is 5.04. The highest BCUT2D eigenvalue weighted by molar-refractivity contribution is 6.30. The largest absolute Gasteiger partial charge is 0.355 e. The van der Waals surface area contributed by atoms with E-state index in [2.05, 4.69) is 10.6 Å². The molecule has 0 atom stereocenters. The number of imide groups is 1. The van der Waals surface area contributed by atoms with Gasteiger partial charge in [0.15, 0.2) is 0 Å². The second-order valence-corrected chi connectivity index (χ2v) is 5.54. The number of hydrogen-bond donors (Lipinski definition) is 2. The molecule has 2 N–H and O–H groups in total. The first-order chi connectivity index (χ1) is 10.5. The average Bonchev–Trinajstić information content (AvgIpc) is 2.48. The van der Waals surface area contributed by atoms with E-state index in [-0.39, 0.29) is 31.3 Å². The lowest BCUT2D eigenvalue weighted by Gasteiger charge is -2.25. The zero-order chi connectivity index (χ0) is 15.9. The fourth-order valence-electron chi connectivity index (χ4n) is 2.15. The second kappa shape index (κ2) is 7.79. The van der Waals surface area contributed by atoms with Crippen LogP contribution in [0.2, 0.25) is 5.02 Å². The maximum absolute atomic E-state index is 11.8. The summed E-state index contributed by atoms with van der Waals surface area (Å²) in [6, 6.07) is 7.09. The van der Waals surface area contributed by atoms with Crippen LogP contribution in [0.4, 0.5) is 4.79 Å². The zero-order valence-corrected chi connectivity index (χ0v) is 12.9. The molecule has 1 heterocycles. The minimum absolute atomic E-state index is 0.0277. The molecule has 1 fully saturated rings. The molecule has 1 saturated heterocycles. The average molecular weight is 324 g/mol. The first kappa shape index (κ1) is 16.3. The SMILES string of the molecule is O=C(CN1CCC(=O)NC1=O)NCCCc1ccc(Cl)cc1. The van der Waals surface area contributed by atoms with Gasteiger partial charge in [0.25, 0.3) is 0 Å². The first-order valence-electron chi connectivity index (χ1n) is 7.14. The van der Waals surface area contributed by atoms with Crippen LogP contribution in [0.5, 0.6) is 0 Å². The third-order valence-electron chi connectivity index (χ3n) is 3.35. The number of carbonyl (C=O) groups excluding carboxylic acids is 3. The molecule has 7 heteroatoms. The summed E-state index contributed by atoms with van der Waals surface area (Å²) >= 11 is 5.81. The molecule has 22 heavy (non-hydrogen) atoms. The summed E-state index contributed by atoms with van der Waals surface area (Å²) in [5, 5.41) is 5.66. The molecule has 0 bridgehead atoms. The Hall–Kier alpha value is -2.08. The molecular formula is C15H18ClN3O3. The van der Waals surface area contributed by atoms with Crippen molar-refractivity contribution in [1.29, 1.82) is 0 Å². The fraction of sp³-hybridized carbons (Fsp3) is 0.400. The summed E-state index contributed by atoms with van der Waals surface area (Å²) in [4.78, 5) is 35.6. The molecule has 1 aromatic rings. The molecule has 1 aliphatic rings. The van der Waals surface area contributed by atoms with Gasteiger partial charge in [0.05, 0.1) is 0 Å². The Morgan fingerprint density at radius 1 is 1.27 bits per heavy atom. The zero-order valence-electron chi connectivity index (χ0n) is 12.1. The highest BCUT2D eigenvalue weighted by Gasteiger charge is 2.24. The van der Waals surface area contributed by atoms with Crippen LogP contribution >= 0.6 is 11.6 Å². The van der Waals surface area contributed by atoms with E-state index >= 15 is 0 Å². The normalized spacial score (nSPS) is 14.7. The van der Waals surface area contributed by atoms with Crippen LogP contribution in [0, 0.1) is 0 Å². The number of amides is 4. The van der Waals surface area contributed by atoms with E-state index in [1.807, 2.05) is 24.3 Å².